The summed E-state index contributed by atoms with van der Waals surface area (Å²) in [6.45, 7) is 1.35. The van der Waals surface area contributed by atoms with Gasteiger partial charge in [0, 0.05) is 37.1 Å². The van der Waals surface area contributed by atoms with E-state index < -0.39 is 0 Å². The number of nitrogens with zero attached hydrogens (tertiary/aromatic N) is 3. The molecule has 1 aliphatic rings. The summed E-state index contributed by atoms with van der Waals surface area (Å²) in [5.41, 5.74) is 7.46. The molecule has 0 bridgehead atoms. The van der Waals surface area contributed by atoms with Gasteiger partial charge in [0.15, 0.2) is 0 Å². The molecule has 1 unspecified atom stereocenters. The van der Waals surface area contributed by atoms with Crippen LogP contribution in [-0.2, 0) is 0 Å². The second-order valence-corrected chi connectivity index (χ2v) is 5.38. The molecule has 2 heterocycles. The fraction of sp³-hybridized carbons (Fsp3) is 0.375. The zero-order valence-electron chi connectivity index (χ0n) is 12.4. The lowest BCUT2D eigenvalue weighted by atomic mass is 10.0. The molecule has 1 aliphatic heterocycles. The molecule has 0 aliphatic carbocycles. The van der Waals surface area contributed by atoms with Crippen LogP contribution in [-0.4, -0.2) is 39.7 Å². The molecule has 1 aromatic heterocycles. The molecule has 2 aromatic rings. The third-order valence-electron chi connectivity index (χ3n) is 4.04. The van der Waals surface area contributed by atoms with Crippen LogP contribution in [0.2, 0.25) is 0 Å². The molecule has 6 heteroatoms. The van der Waals surface area contributed by atoms with Crippen molar-refractivity contribution in [3.8, 4) is 5.69 Å². The quantitative estimate of drug-likeness (QED) is 0.943. The largest absolute Gasteiger partial charge is 0.334 e. The van der Waals surface area contributed by atoms with E-state index in [1.165, 1.54) is 0 Å². The number of amides is 1. The maximum atomic E-state index is 12.6. The van der Waals surface area contributed by atoms with Crippen LogP contribution in [0.4, 0.5) is 0 Å². The number of carbonyl (C=O) groups is 1. The van der Waals surface area contributed by atoms with Gasteiger partial charge in [0.25, 0.3) is 5.91 Å². The third kappa shape index (κ3) is 3.31. The molecular weight excluding hydrogens is 300 g/mol. The van der Waals surface area contributed by atoms with Crippen molar-refractivity contribution < 1.29 is 4.79 Å². The van der Waals surface area contributed by atoms with E-state index in [4.69, 9.17) is 5.73 Å². The van der Waals surface area contributed by atoms with Gasteiger partial charge in [-0.1, -0.05) is 0 Å². The SMILES string of the molecule is Cl.NCC1CCCCN1C(=O)c1ccc(-n2cccn2)cc1. The molecule has 22 heavy (non-hydrogen) atoms. The van der Waals surface area contributed by atoms with Crippen molar-refractivity contribution in [3.05, 3.63) is 48.3 Å². The summed E-state index contributed by atoms with van der Waals surface area (Å²) in [6.07, 6.45) is 6.84. The first-order chi connectivity index (χ1) is 10.3. The molecule has 0 radical (unpaired) electrons. The van der Waals surface area contributed by atoms with Gasteiger partial charge in [-0.15, -0.1) is 12.4 Å². The van der Waals surface area contributed by atoms with Gasteiger partial charge in [0.05, 0.1) is 5.69 Å². The van der Waals surface area contributed by atoms with Crippen LogP contribution in [0, 0.1) is 0 Å². The predicted molar refractivity (Wildman–Crippen MR) is 88.5 cm³/mol. The van der Waals surface area contributed by atoms with E-state index in [-0.39, 0.29) is 24.4 Å². The Balaban J connectivity index is 0.00000176. The number of aromatic nitrogens is 2. The van der Waals surface area contributed by atoms with Crippen molar-refractivity contribution in [2.75, 3.05) is 13.1 Å². The first-order valence-electron chi connectivity index (χ1n) is 7.40. The highest BCUT2D eigenvalue weighted by Gasteiger charge is 2.26. The molecular formula is C16H21ClN4O. The Morgan fingerprint density at radius 3 is 2.68 bits per heavy atom. The summed E-state index contributed by atoms with van der Waals surface area (Å²) in [4.78, 5) is 14.5. The van der Waals surface area contributed by atoms with Crippen molar-refractivity contribution in [3.63, 3.8) is 0 Å². The van der Waals surface area contributed by atoms with Crippen LogP contribution >= 0.6 is 12.4 Å². The van der Waals surface area contributed by atoms with E-state index in [0.29, 0.717) is 12.1 Å². The number of benzene rings is 1. The Hall–Kier alpha value is -1.85. The highest BCUT2D eigenvalue weighted by Crippen LogP contribution is 2.19. The van der Waals surface area contributed by atoms with Crippen LogP contribution in [0.3, 0.4) is 0 Å². The molecule has 3 rings (SSSR count). The van der Waals surface area contributed by atoms with Gasteiger partial charge in [-0.25, -0.2) is 4.68 Å². The lowest BCUT2D eigenvalue weighted by Gasteiger charge is -2.35. The number of piperidine rings is 1. The van der Waals surface area contributed by atoms with E-state index in [1.54, 1.807) is 10.9 Å². The van der Waals surface area contributed by atoms with Crippen molar-refractivity contribution in [1.82, 2.24) is 14.7 Å². The highest BCUT2D eigenvalue weighted by atomic mass is 35.5. The van der Waals surface area contributed by atoms with Crippen molar-refractivity contribution >= 4 is 18.3 Å². The van der Waals surface area contributed by atoms with E-state index >= 15 is 0 Å². The van der Waals surface area contributed by atoms with Crippen molar-refractivity contribution in [2.24, 2.45) is 5.73 Å². The topological polar surface area (TPSA) is 64.2 Å². The Morgan fingerprint density at radius 2 is 2.05 bits per heavy atom. The summed E-state index contributed by atoms with van der Waals surface area (Å²) in [7, 11) is 0. The lowest BCUT2D eigenvalue weighted by molar-refractivity contribution is 0.0623. The zero-order chi connectivity index (χ0) is 14.7. The van der Waals surface area contributed by atoms with Crippen LogP contribution in [0.15, 0.2) is 42.7 Å². The van der Waals surface area contributed by atoms with Gasteiger partial charge in [-0.05, 0) is 49.6 Å². The summed E-state index contributed by atoms with van der Waals surface area (Å²) in [6, 6.07) is 9.61. The zero-order valence-corrected chi connectivity index (χ0v) is 13.2. The molecule has 1 amide bonds. The van der Waals surface area contributed by atoms with Gasteiger partial charge in [-0.3, -0.25) is 4.79 Å². The number of nitrogens with two attached hydrogens (primary N) is 1. The van der Waals surface area contributed by atoms with E-state index in [1.807, 2.05) is 41.4 Å². The summed E-state index contributed by atoms with van der Waals surface area (Å²) < 4.78 is 1.78. The number of carbonyl (C=O) groups excluding carboxylic acids is 1. The van der Waals surface area contributed by atoms with Gasteiger partial charge in [-0.2, -0.15) is 5.10 Å². The third-order valence-corrected chi connectivity index (χ3v) is 4.04. The number of rotatable bonds is 3. The van der Waals surface area contributed by atoms with Crippen molar-refractivity contribution in [2.45, 2.75) is 25.3 Å². The number of hydrogen-bond acceptors (Lipinski definition) is 3. The number of halogens is 1. The summed E-state index contributed by atoms with van der Waals surface area (Å²) in [5, 5.41) is 4.18. The summed E-state index contributed by atoms with van der Waals surface area (Å²) in [5.74, 6) is 0.0807. The highest BCUT2D eigenvalue weighted by molar-refractivity contribution is 5.94. The van der Waals surface area contributed by atoms with Gasteiger partial charge >= 0.3 is 0 Å². The number of likely N-dealkylation sites (tertiary alicyclic amines) is 1. The Morgan fingerprint density at radius 1 is 1.27 bits per heavy atom. The summed E-state index contributed by atoms with van der Waals surface area (Å²) >= 11 is 0. The smallest absolute Gasteiger partial charge is 0.254 e. The fourth-order valence-corrected chi connectivity index (χ4v) is 2.86. The van der Waals surface area contributed by atoms with Crippen molar-refractivity contribution in [1.29, 1.82) is 0 Å². The fourth-order valence-electron chi connectivity index (χ4n) is 2.86. The van der Waals surface area contributed by atoms with Crippen LogP contribution < -0.4 is 5.73 Å². The molecule has 1 fully saturated rings. The first kappa shape index (κ1) is 16.5. The molecule has 1 atom stereocenters. The minimum absolute atomic E-state index is 0. The average Bonchev–Trinajstić information content (AvgIpc) is 3.09. The maximum Gasteiger partial charge on any atom is 0.254 e. The van der Waals surface area contributed by atoms with Gasteiger partial charge < -0.3 is 10.6 Å². The molecule has 0 saturated carbocycles. The second kappa shape index (κ2) is 7.42. The number of hydrogen-bond donors (Lipinski definition) is 1. The molecule has 118 valence electrons. The molecule has 1 saturated heterocycles. The Kier molecular flexibility index (Phi) is 5.57. The first-order valence-corrected chi connectivity index (χ1v) is 7.40. The van der Waals surface area contributed by atoms with Gasteiger partial charge in [0.2, 0.25) is 0 Å². The van der Waals surface area contributed by atoms with Gasteiger partial charge in [0.1, 0.15) is 0 Å². The predicted octanol–water partition coefficient (Wildman–Crippen LogP) is 2.25. The van der Waals surface area contributed by atoms with E-state index in [0.717, 1.165) is 31.5 Å². The monoisotopic (exact) mass is 320 g/mol. The lowest BCUT2D eigenvalue weighted by Crippen LogP contribution is -2.47. The van der Waals surface area contributed by atoms with E-state index in [2.05, 4.69) is 5.10 Å². The Labute approximate surface area is 136 Å². The maximum absolute atomic E-state index is 12.6. The minimum Gasteiger partial charge on any atom is -0.334 e. The second-order valence-electron chi connectivity index (χ2n) is 5.38. The molecule has 0 spiro atoms. The normalized spacial score (nSPS) is 17.9. The van der Waals surface area contributed by atoms with E-state index in [9.17, 15) is 4.79 Å². The van der Waals surface area contributed by atoms with Crippen LogP contribution in [0.25, 0.3) is 5.69 Å². The Bertz CT molecular complexity index is 597. The van der Waals surface area contributed by atoms with Crippen LogP contribution in [0.5, 0.6) is 0 Å². The molecule has 1 aromatic carbocycles. The standard InChI is InChI=1S/C16H20N4O.ClH/c17-12-15-4-1-2-10-19(15)16(21)13-5-7-14(8-6-13)20-11-3-9-18-20;/h3,5-9,11,15H,1-2,4,10,12,17H2;1H. The van der Waals surface area contributed by atoms with Crippen LogP contribution in [0.1, 0.15) is 29.6 Å². The molecule has 5 nitrogen and oxygen atoms in total. The minimum atomic E-state index is 0. The molecule has 2 N–H and O–H groups in total. The average molecular weight is 321 g/mol.